The maximum Gasteiger partial charge on any atom is 0.232 e. The fourth-order valence-electron chi connectivity index (χ4n) is 2.50. The molecule has 0 spiro atoms. The summed E-state index contributed by atoms with van der Waals surface area (Å²) in [5.74, 6) is 0.459. The Labute approximate surface area is 185 Å². The molecule has 1 N–H and O–H groups in total. The minimum atomic E-state index is -3.58. The summed E-state index contributed by atoms with van der Waals surface area (Å²) >= 11 is 17.9. The number of nitrogens with one attached hydrogen (secondary N) is 1. The first-order chi connectivity index (χ1) is 13.7. The summed E-state index contributed by atoms with van der Waals surface area (Å²) in [5, 5.41) is 3.99. The zero-order chi connectivity index (χ0) is 21.4. The Hall–Kier alpha value is -1.67. The number of nitrogens with zero attached hydrogens (tertiary/aromatic N) is 1. The van der Waals surface area contributed by atoms with Crippen LogP contribution in [0.3, 0.4) is 0 Å². The fourth-order valence-corrected chi connectivity index (χ4v) is 4.03. The van der Waals surface area contributed by atoms with Crippen LogP contribution in [0.1, 0.15) is 12.8 Å². The summed E-state index contributed by atoms with van der Waals surface area (Å²) in [4.78, 5) is 12.0. The number of halogens is 3. The topological polar surface area (TPSA) is 75.7 Å². The highest BCUT2D eigenvalue weighted by molar-refractivity contribution is 7.92. The second-order valence-electron chi connectivity index (χ2n) is 6.19. The van der Waals surface area contributed by atoms with E-state index >= 15 is 0 Å². The van der Waals surface area contributed by atoms with Gasteiger partial charge < -0.3 is 10.1 Å². The first-order valence-electron chi connectivity index (χ1n) is 8.74. The second kappa shape index (κ2) is 10.9. The van der Waals surface area contributed by atoms with Gasteiger partial charge >= 0.3 is 0 Å². The number of carbonyl (C=O) groups is 1. The highest BCUT2D eigenvalue weighted by Crippen LogP contribution is 2.30. The molecule has 0 radical (unpaired) electrons. The van der Waals surface area contributed by atoms with E-state index < -0.39 is 10.0 Å². The molecule has 158 valence electrons. The minimum absolute atomic E-state index is 0.105. The largest absolute Gasteiger partial charge is 0.492 e. The average molecular weight is 480 g/mol. The summed E-state index contributed by atoms with van der Waals surface area (Å²) in [6, 6.07) is 11.5. The predicted octanol–water partition coefficient (Wildman–Crippen LogP) is 4.39. The van der Waals surface area contributed by atoms with Crippen LogP contribution in [-0.4, -0.2) is 40.3 Å². The van der Waals surface area contributed by atoms with E-state index in [2.05, 4.69) is 5.32 Å². The van der Waals surface area contributed by atoms with Crippen molar-refractivity contribution in [2.75, 3.05) is 30.3 Å². The smallest absolute Gasteiger partial charge is 0.232 e. The Kier molecular flexibility index (Phi) is 8.89. The quantitative estimate of drug-likeness (QED) is 0.513. The van der Waals surface area contributed by atoms with Gasteiger partial charge in [-0.25, -0.2) is 8.42 Å². The monoisotopic (exact) mass is 478 g/mol. The van der Waals surface area contributed by atoms with Crippen molar-refractivity contribution in [3.63, 3.8) is 0 Å². The Balaban J connectivity index is 1.79. The third kappa shape index (κ3) is 7.93. The minimum Gasteiger partial charge on any atom is -0.492 e. The molecule has 0 unspecified atom stereocenters. The zero-order valence-electron chi connectivity index (χ0n) is 15.7. The molecule has 0 saturated heterocycles. The van der Waals surface area contributed by atoms with Gasteiger partial charge in [-0.1, -0.05) is 34.8 Å². The summed E-state index contributed by atoms with van der Waals surface area (Å²) in [6.45, 7) is 0.742. The number of sulfonamides is 1. The van der Waals surface area contributed by atoms with Gasteiger partial charge in [0.05, 0.1) is 23.5 Å². The van der Waals surface area contributed by atoms with Crippen molar-refractivity contribution in [1.82, 2.24) is 5.32 Å². The lowest BCUT2D eigenvalue weighted by Crippen LogP contribution is -2.33. The Morgan fingerprint density at radius 1 is 1.07 bits per heavy atom. The molecule has 0 aliphatic carbocycles. The molecular formula is C19H21Cl3N2O4S. The Morgan fingerprint density at radius 2 is 1.72 bits per heavy atom. The van der Waals surface area contributed by atoms with Gasteiger partial charge in [-0.05, 0) is 48.9 Å². The van der Waals surface area contributed by atoms with Crippen molar-refractivity contribution >= 4 is 56.4 Å². The standard InChI is InChI=1S/C19H21Cl3N2O4S/c1-29(26,27)24(18-13-15(21)6-9-17(18)22)11-2-3-19(25)23-10-12-28-16-7-4-14(20)5-8-16/h4-9,13H,2-3,10-12H2,1H3,(H,23,25). The molecule has 0 aromatic heterocycles. The Morgan fingerprint density at radius 3 is 2.38 bits per heavy atom. The number of hydrogen-bond donors (Lipinski definition) is 1. The number of anilines is 1. The lowest BCUT2D eigenvalue weighted by molar-refractivity contribution is -0.121. The van der Waals surface area contributed by atoms with Gasteiger partial charge in [-0.2, -0.15) is 0 Å². The molecule has 6 nitrogen and oxygen atoms in total. The normalized spacial score (nSPS) is 11.2. The van der Waals surface area contributed by atoms with E-state index in [0.29, 0.717) is 41.1 Å². The predicted molar refractivity (Wildman–Crippen MR) is 118 cm³/mol. The van der Waals surface area contributed by atoms with Crippen LogP contribution in [0.15, 0.2) is 42.5 Å². The van der Waals surface area contributed by atoms with Crippen LogP contribution in [0.2, 0.25) is 15.1 Å². The van der Waals surface area contributed by atoms with Crippen LogP contribution < -0.4 is 14.4 Å². The Bertz CT molecular complexity index is 937. The van der Waals surface area contributed by atoms with Gasteiger partial charge in [0.15, 0.2) is 0 Å². The van der Waals surface area contributed by atoms with E-state index in [9.17, 15) is 13.2 Å². The van der Waals surface area contributed by atoms with Crippen LogP contribution in [0.4, 0.5) is 5.69 Å². The number of benzene rings is 2. The van der Waals surface area contributed by atoms with Gasteiger partial charge in [0.2, 0.25) is 15.9 Å². The average Bonchev–Trinajstić information content (AvgIpc) is 2.65. The molecule has 0 saturated carbocycles. The van der Waals surface area contributed by atoms with Crippen molar-refractivity contribution in [2.24, 2.45) is 0 Å². The first kappa shape index (κ1) is 23.6. The van der Waals surface area contributed by atoms with Crippen molar-refractivity contribution < 1.29 is 17.9 Å². The van der Waals surface area contributed by atoms with Crippen molar-refractivity contribution in [3.05, 3.63) is 57.5 Å². The molecule has 0 atom stereocenters. The maximum absolute atomic E-state index is 12.1. The van der Waals surface area contributed by atoms with Gasteiger partial charge in [0, 0.05) is 23.0 Å². The molecule has 0 aliphatic heterocycles. The molecular weight excluding hydrogens is 459 g/mol. The van der Waals surface area contributed by atoms with Gasteiger partial charge in [-0.15, -0.1) is 0 Å². The lowest BCUT2D eigenvalue weighted by atomic mass is 10.2. The van der Waals surface area contributed by atoms with Crippen LogP contribution in [0.5, 0.6) is 5.75 Å². The van der Waals surface area contributed by atoms with Gasteiger partial charge in [-0.3, -0.25) is 9.10 Å². The highest BCUT2D eigenvalue weighted by Gasteiger charge is 2.20. The molecule has 29 heavy (non-hydrogen) atoms. The zero-order valence-corrected chi connectivity index (χ0v) is 18.8. The van der Waals surface area contributed by atoms with Crippen molar-refractivity contribution in [1.29, 1.82) is 0 Å². The second-order valence-corrected chi connectivity index (χ2v) is 9.37. The van der Waals surface area contributed by atoms with E-state index in [1.807, 2.05) is 0 Å². The summed E-state index contributed by atoms with van der Waals surface area (Å²) in [5.41, 5.74) is 0.290. The number of amides is 1. The summed E-state index contributed by atoms with van der Waals surface area (Å²) in [6.07, 6.45) is 1.56. The number of ether oxygens (including phenoxy) is 1. The van der Waals surface area contributed by atoms with Crippen LogP contribution in [0.25, 0.3) is 0 Å². The highest BCUT2D eigenvalue weighted by atomic mass is 35.5. The number of hydrogen-bond acceptors (Lipinski definition) is 4. The SMILES string of the molecule is CS(=O)(=O)N(CCCC(=O)NCCOc1ccc(Cl)cc1)c1cc(Cl)ccc1Cl. The third-order valence-corrected chi connectivity index (χ3v) is 5.84. The van der Waals surface area contributed by atoms with Crippen molar-refractivity contribution in [3.8, 4) is 5.75 Å². The summed E-state index contributed by atoms with van der Waals surface area (Å²) < 4.78 is 30.9. The molecule has 0 aliphatic rings. The van der Waals surface area contributed by atoms with Crippen LogP contribution in [-0.2, 0) is 14.8 Å². The van der Waals surface area contributed by atoms with E-state index in [4.69, 9.17) is 39.5 Å². The molecule has 0 bridgehead atoms. The molecule has 2 aromatic rings. The first-order valence-corrected chi connectivity index (χ1v) is 11.7. The van der Waals surface area contributed by atoms with Crippen molar-refractivity contribution in [2.45, 2.75) is 12.8 Å². The molecule has 2 rings (SSSR count). The third-order valence-electron chi connectivity index (χ3n) is 3.85. The summed E-state index contributed by atoms with van der Waals surface area (Å²) in [7, 11) is -3.58. The molecule has 0 heterocycles. The van der Waals surface area contributed by atoms with E-state index in [1.165, 1.54) is 12.1 Å². The molecule has 2 aromatic carbocycles. The van der Waals surface area contributed by atoms with Crippen LogP contribution >= 0.6 is 34.8 Å². The van der Waals surface area contributed by atoms with E-state index in [0.717, 1.165) is 10.6 Å². The van der Waals surface area contributed by atoms with Gasteiger partial charge in [0.25, 0.3) is 0 Å². The molecule has 0 fully saturated rings. The number of carbonyl (C=O) groups excluding carboxylic acids is 1. The van der Waals surface area contributed by atoms with E-state index in [1.54, 1.807) is 30.3 Å². The molecule has 1 amide bonds. The maximum atomic E-state index is 12.1. The van der Waals surface area contributed by atoms with Crippen LogP contribution in [0, 0.1) is 0 Å². The fraction of sp³-hybridized carbons (Fsp3) is 0.316. The molecule has 10 heteroatoms. The van der Waals surface area contributed by atoms with Gasteiger partial charge in [0.1, 0.15) is 12.4 Å². The number of rotatable bonds is 10. The van der Waals surface area contributed by atoms with E-state index in [-0.39, 0.29) is 23.9 Å². The lowest BCUT2D eigenvalue weighted by Gasteiger charge is -2.23.